The largest absolute Gasteiger partial charge is 0.453 e. The first kappa shape index (κ1) is 29.6. The summed E-state index contributed by atoms with van der Waals surface area (Å²) in [6.07, 6.45) is 1.78. The summed E-state index contributed by atoms with van der Waals surface area (Å²) < 4.78 is 8.67. The van der Waals surface area contributed by atoms with Gasteiger partial charge in [-0.15, -0.1) is 11.3 Å². The molecular formula is C43H27N5OS. The van der Waals surface area contributed by atoms with Gasteiger partial charge in [-0.2, -0.15) is 0 Å². The van der Waals surface area contributed by atoms with Crippen LogP contribution in [0.2, 0.25) is 0 Å². The monoisotopic (exact) mass is 661 g/mol. The molecule has 0 saturated carbocycles. The minimum absolute atomic E-state index is 0.591. The van der Waals surface area contributed by atoms with Crippen LogP contribution in [0, 0.1) is 0 Å². The summed E-state index contributed by atoms with van der Waals surface area (Å²) in [6.45, 7) is 0. The predicted molar refractivity (Wildman–Crippen MR) is 202 cm³/mol. The molecule has 3 heterocycles. The normalized spacial score (nSPS) is 11.2. The Kier molecular flexibility index (Phi) is 7.57. The third kappa shape index (κ3) is 5.66. The molecule has 0 amide bonds. The van der Waals surface area contributed by atoms with Crippen LogP contribution in [-0.4, -0.2) is 24.9 Å². The van der Waals surface area contributed by atoms with Gasteiger partial charge in [0.25, 0.3) is 0 Å². The van der Waals surface area contributed by atoms with E-state index in [1.54, 1.807) is 17.5 Å². The molecule has 6 nitrogen and oxygen atoms in total. The second-order valence-electron chi connectivity index (χ2n) is 11.7. The number of nitrogens with zero attached hydrogens (tertiary/aromatic N) is 5. The fourth-order valence-electron chi connectivity index (χ4n) is 6.04. The first-order valence-electron chi connectivity index (χ1n) is 16.3. The maximum absolute atomic E-state index is 6.41. The van der Waals surface area contributed by atoms with Gasteiger partial charge in [-0.3, -0.25) is 0 Å². The van der Waals surface area contributed by atoms with Crippen molar-refractivity contribution in [2.75, 3.05) is 0 Å². The Bertz CT molecular complexity index is 2550. The minimum Gasteiger partial charge on any atom is -0.453 e. The molecule has 0 spiro atoms. The molecular weight excluding hydrogens is 635 g/mol. The molecule has 0 unspecified atom stereocenters. The van der Waals surface area contributed by atoms with E-state index in [1.807, 2.05) is 121 Å². The van der Waals surface area contributed by atoms with E-state index >= 15 is 0 Å². The number of thiophene rings is 1. The summed E-state index contributed by atoms with van der Waals surface area (Å²) in [7, 11) is 0. The van der Waals surface area contributed by atoms with Crippen molar-refractivity contribution in [2.24, 2.45) is 0 Å². The molecule has 0 fully saturated rings. The minimum atomic E-state index is 0.591. The zero-order valence-corrected chi connectivity index (χ0v) is 27.5. The van der Waals surface area contributed by atoms with Gasteiger partial charge in [-0.05, 0) is 30.3 Å². The smallest absolute Gasteiger partial charge is 0.172 e. The summed E-state index contributed by atoms with van der Waals surface area (Å²) in [6, 6.07) is 52.6. The first-order valence-corrected chi connectivity index (χ1v) is 17.1. The molecule has 9 rings (SSSR count). The summed E-state index contributed by atoms with van der Waals surface area (Å²) in [5.41, 5.74) is 5.45. The summed E-state index contributed by atoms with van der Waals surface area (Å²) in [4.78, 5) is 24.6. The molecule has 0 aliphatic heterocycles. The maximum Gasteiger partial charge on any atom is 0.172 e. The zero-order chi connectivity index (χ0) is 33.3. The molecule has 9 aromatic rings. The lowest BCUT2D eigenvalue weighted by molar-refractivity contribution is 0.480. The summed E-state index contributed by atoms with van der Waals surface area (Å²) in [5.74, 6) is 3.84. The SMILES string of the molecule is c1ccc(Oc2cnc(-c3ccccc3)nc2-c2cccc3c2sc2ccc(-c4nc(-c5ccccc5)nc(-c5ccccc5)n4)cc23)cc1. The molecule has 3 aromatic heterocycles. The van der Waals surface area contributed by atoms with E-state index in [9.17, 15) is 0 Å². The van der Waals surface area contributed by atoms with Gasteiger partial charge >= 0.3 is 0 Å². The third-order valence-corrected chi connectivity index (χ3v) is 9.69. The van der Waals surface area contributed by atoms with E-state index < -0.39 is 0 Å². The van der Waals surface area contributed by atoms with Gasteiger partial charge < -0.3 is 4.74 Å². The van der Waals surface area contributed by atoms with Gasteiger partial charge in [0.1, 0.15) is 11.4 Å². The highest BCUT2D eigenvalue weighted by Gasteiger charge is 2.19. The van der Waals surface area contributed by atoms with Crippen LogP contribution < -0.4 is 4.74 Å². The van der Waals surface area contributed by atoms with Crippen molar-refractivity contribution < 1.29 is 4.74 Å². The van der Waals surface area contributed by atoms with E-state index in [0.29, 0.717) is 29.0 Å². The van der Waals surface area contributed by atoms with Crippen molar-refractivity contribution >= 4 is 31.5 Å². The Morgan fingerprint density at radius 3 is 1.62 bits per heavy atom. The average molecular weight is 662 g/mol. The Morgan fingerprint density at radius 2 is 1.00 bits per heavy atom. The van der Waals surface area contributed by atoms with Crippen molar-refractivity contribution in [1.82, 2.24) is 24.9 Å². The fraction of sp³-hybridized carbons (Fsp3) is 0. The predicted octanol–water partition coefficient (Wildman–Crippen LogP) is 11.2. The van der Waals surface area contributed by atoms with Crippen molar-refractivity contribution in [3.63, 3.8) is 0 Å². The van der Waals surface area contributed by atoms with Crippen LogP contribution in [0.15, 0.2) is 164 Å². The number of rotatable bonds is 7. The number of hydrogen-bond acceptors (Lipinski definition) is 7. The average Bonchev–Trinajstić information content (AvgIpc) is 3.58. The van der Waals surface area contributed by atoms with Gasteiger partial charge in [0.05, 0.1) is 6.20 Å². The van der Waals surface area contributed by atoms with E-state index in [-0.39, 0.29) is 0 Å². The number of ether oxygens (including phenoxy) is 1. The highest BCUT2D eigenvalue weighted by molar-refractivity contribution is 7.26. The Morgan fingerprint density at radius 1 is 0.440 bits per heavy atom. The van der Waals surface area contributed by atoms with Crippen LogP contribution in [-0.2, 0) is 0 Å². The quantitative estimate of drug-likeness (QED) is 0.169. The summed E-state index contributed by atoms with van der Waals surface area (Å²) >= 11 is 1.73. The molecule has 50 heavy (non-hydrogen) atoms. The van der Waals surface area contributed by atoms with E-state index in [0.717, 1.165) is 59.4 Å². The molecule has 0 atom stereocenters. The maximum atomic E-state index is 6.41. The lowest BCUT2D eigenvalue weighted by Crippen LogP contribution is -2.00. The van der Waals surface area contributed by atoms with Crippen LogP contribution >= 0.6 is 11.3 Å². The van der Waals surface area contributed by atoms with E-state index in [1.165, 1.54) is 0 Å². The van der Waals surface area contributed by atoms with Crippen LogP contribution in [0.4, 0.5) is 0 Å². The molecule has 236 valence electrons. The third-order valence-electron chi connectivity index (χ3n) is 8.47. The summed E-state index contributed by atoms with van der Waals surface area (Å²) in [5, 5.41) is 2.24. The number of para-hydroxylation sites is 1. The molecule has 0 aliphatic carbocycles. The van der Waals surface area contributed by atoms with Gasteiger partial charge in [-0.1, -0.05) is 127 Å². The molecule has 6 aromatic carbocycles. The lowest BCUT2D eigenvalue weighted by atomic mass is 10.0. The number of fused-ring (bicyclic) bond motifs is 3. The zero-order valence-electron chi connectivity index (χ0n) is 26.6. The lowest BCUT2D eigenvalue weighted by Gasteiger charge is -2.12. The molecule has 0 N–H and O–H groups in total. The van der Waals surface area contributed by atoms with Crippen molar-refractivity contribution in [3.8, 4) is 68.3 Å². The van der Waals surface area contributed by atoms with E-state index in [2.05, 4.69) is 36.4 Å². The molecule has 0 bridgehead atoms. The van der Waals surface area contributed by atoms with Gasteiger partial charge in [0, 0.05) is 48.0 Å². The fourth-order valence-corrected chi connectivity index (χ4v) is 7.24. The Labute approximate surface area is 292 Å². The van der Waals surface area contributed by atoms with Crippen LogP contribution in [0.5, 0.6) is 11.5 Å². The number of benzene rings is 6. The molecule has 0 saturated heterocycles. The highest BCUT2D eigenvalue weighted by atomic mass is 32.1. The van der Waals surface area contributed by atoms with Crippen molar-refractivity contribution in [2.45, 2.75) is 0 Å². The van der Waals surface area contributed by atoms with Crippen molar-refractivity contribution in [3.05, 3.63) is 164 Å². The van der Waals surface area contributed by atoms with Gasteiger partial charge in [0.15, 0.2) is 29.0 Å². The Hall–Kier alpha value is -6.57. The number of aromatic nitrogens is 5. The standard InChI is InChI=1S/C43H27N5OS/c1-5-14-28(15-6-1)40-44-27-36(49-32-20-11-4-12-21-32)38(45-40)34-23-13-22-33-35-26-31(24-25-37(35)50-39(33)34)43-47-41(29-16-7-2-8-17-29)46-42(48-43)30-18-9-3-10-19-30/h1-27H. The topological polar surface area (TPSA) is 73.7 Å². The van der Waals surface area contributed by atoms with E-state index in [4.69, 9.17) is 29.7 Å². The van der Waals surface area contributed by atoms with Gasteiger partial charge in [-0.25, -0.2) is 24.9 Å². The first-order chi connectivity index (χ1) is 24.8. The van der Waals surface area contributed by atoms with Crippen molar-refractivity contribution in [1.29, 1.82) is 0 Å². The second-order valence-corrected chi connectivity index (χ2v) is 12.8. The van der Waals surface area contributed by atoms with Crippen LogP contribution in [0.1, 0.15) is 0 Å². The Balaban J connectivity index is 1.20. The van der Waals surface area contributed by atoms with Gasteiger partial charge in [0.2, 0.25) is 0 Å². The molecule has 0 aliphatic rings. The molecule has 7 heteroatoms. The van der Waals surface area contributed by atoms with Crippen LogP contribution in [0.3, 0.4) is 0 Å². The highest BCUT2D eigenvalue weighted by Crippen LogP contribution is 2.43. The number of hydrogen-bond donors (Lipinski definition) is 0. The van der Waals surface area contributed by atoms with Crippen LogP contribution in [0.25, 0.3) is 77.0 Å². The second kappa shape index (κ2) is 12.8. The molecule has 0 radical (unpaired) electrons.